The number of anilines is 2. The molecule has 3 rings (SSSR count). The second kappa shape index (κ2) is 10.7. The number of hydrogen-bond acceptors (Lipinski definition) is 3. The summed E-state index contributed by atoms with van der Waals surface area (Å²) < 4.78 is 40.1. The van der Waals surface area contributed by atoms with Crippen LogP contribution < -0.4 is 10.6 Å². The van der Waals surface area contributed by atoms with Crippen molar-refractivity contribution in [1.29, 1.82) is 0 Å². The van der Waals surface area contributed by atoms with E-state index < -0.39 is 23.7 Å². The van der Waals surface area contributed by atoms with Crippen molar-refractivity contribution in [2.75, 3.05) is 17.2 Å². The summed E-state index contributed by atoms with van der Waals surface area (Å²) in [5, 5.41) is 10.2. The number of nitrogens with zero attached hydrogens (tertiary/aromatic N) is 3. The number of alkyl halides is 3. The Morgan fingerprint density at radius 1 is 1.00 bits per heavy atom. The normalized spacial score (nSPS) is 11.9. The number of hydrogen-bond donors (Lipinski definition) is 2. The second-order valence-electron chi connectivity index (χ2n) is 10.1. The lowest BCUT2D eigenvalue weighted by molar-refractivity contribution is -0.137. The predicted octanol–water partition coefficient (Wildman–Crippen LogP) is 6.38. The van der Waals surface area contributed by atoms with Gasteiger partial charge in [0.15, 0.2) is 0 Å². The zero-order chi connectivity index (χ0) is 27.5. The third-order valence-electron chi connectivity index (χ3n) is 5.75. The van der Waals surface area contributed by atoms with E-state index in [1.54, 1.807) is 18.5 Å². The molecule has 2 N–H and O–H groups in total. The van der Waals surface area contributed by atoms with Gasteiger partial charge in [0, 0.05) is 23.2 Å². The van der Waals surface area contributed by atoms with Crippen molar-refractivity contribution in [3.05, 3.63) is 71.4 Å². The Kier molecular flexibility index (Phi) is 8.00. The topological polar surface area (TPSA) is 79.3 Å². The first kappa shape index (κ1) is 27.8. The molecule has 0 radical (unpaired) electrons. The first-order valence-corrected chi connectivity index (χ1v) is 11.9. The van der Waals surface area contributed by atoms with E-state index in [1.165, 1.54) is 17.0 Å². The summed E-state index contributed by atoms with van der Waals surface area (Å²) in [7, 11) is 0. The largest absolute Gasteiger partial charge is 0.416 e. The molecule has 0 bridgehead atoms. The summed E-state index contributed by atoms with van der Waals surface area (Å²) in [6, 6.07) is 12.6. The van der Waals surface area contributed by atoms with Crippen LogP contribution in [0.4, 0.5) is 29.5 Å². The highest BCUT2D eigenvalue weighted by molar-refractivity contribution is 5.97. The standard InChI is InChI=1S/C27H32F3N5O2/c1-17(2)34(25(37)31-20-13-11-19(12-14-20)27(28,29)30)16-24(36)32-23-15-22(26(4,5)6)33-35(23)21-10-8-7-9-18(21)3/h7-15,17H,16H2,1-6H3,(H,31,37)(H,32,36). The van der Waals surface area contributed by atoms with Crippen molar-refractivity contribution in [3.63, 3.8) is 0 Å². The van der Waals surface area contributed by atoms with Gasteiger partial charge in [-0.25, -0.2) is 9.48 Å². The number of nitrogens with one attached hydrogen (secondary N) is 2. The zero-order valence-electron chi connectivity index (χ0n) is 21.8. The van der Waals surface area contributed by atoms with Gasteiger partial charge in [0.05, 0.1) is 16.9 Å². The maximum atomic E-state index is 13.1. The van der Waals surface area contributed by atoms with Gasteiger partial charge >= 0.3 is 12.2 Å². The number of para-hydroxylation sites is 1. The van der Waals surface area contributed by atoms with Crippen molar-refractivity contribution in [2.24, 2.45) is 0 Å². The van der Waals surface area contributed by atoms with Crippen LogP contribution >= 0.6 is 0 Å². The molecule has 0 saturated carbocycles. The first-order valence-electron chi connectivity index (χ1n) is 11.9. The quantitative estimate of drug-likeness (QED) is 0.400. The minimum Gasteiger partial charge on any atom is -0.313 e. The Hall–Kier alpha value is -3.82. The van der Waals surface area contributed by atoms with Gasteiger partial charge in [0.1, 0.15) is 12.4 Å². The molecule has 0 unspecified atom stereocenters. The summed E-state index contributed by atoms with van der Waals surface area (Å²) >= 11 is 0. The summed E-state index contributed by atoms with van der Waals surface area (Å²) in [6.45, 7) is 11.2. The smallest absolute Gasteiger partial charge is 0.313 e. The van der Waals surface area contributed by atoms with Crippen LogP contribution in [0.2, 0.25) is 0 Å². The maximum absolute atomic E-state index is 13.1. The molecule has 0 spiro atoms. The fraction of sp³-hybridized carbons (Fsp3) is 0.370. The van der Waals surface area contributed by atoms with Gasteiger partial charge in [-0.15, -0.1) is 0 Å². The Balaban J connectivity index is 1.79. The van der Waals surface area contributed by atoms with E-state index >= 15 is 0 Å². The minimum absolute atomic E-state index is 0.191. The van der Waals surface area contributed by atoms with E-state index in [1.807, 2.05) is 58.0 Å². The van der Waals surface area contributed by atoms with Crippen LogP contribution in [0, 0.1) is 6.92 Å². The number of urea groups is 1. The summed E-state index contributed by atoms with van der Waals surface area (Å²) in [4.78, 5) is 27.3. The van der Waals surface area contributed by atoms with Crippen LogP contribution in [0.3, 0.4) is 0 Å². The minimum atomic E-state index is -4.47. The van der Waals surface area contributed by atoms with Crippen molar-refractivity contribution >= 4 is 23.4 Å². The van der Waals surface area contributed by atoms with Crippen molar-refractivity contribution in [1.82, 2.24) is 14.7 Å². The van der Waals surface area contributed by atoms with E-state index in [9.17, 15) is 22.8 Å². The zero-order valence-corrected chi connectivity index (χ0v) is 21.8. The van der Waals surface area contributed by atoms with Crippen LogP contribution in [-0.4, -0.2) is 39.2 Å². The number of aromatic nitrogens is 2. The number of benzene rings is 2. The second-order valence-corrected chi connectivity index (χ2v) is 10.1. The highest BCUT2D eigenvalue weighted by Crippen LogP contribution is 2.30. The Bertz CT molecular complexity index is 1260. The number of carbonyl (C=O) groups is 2. The predicted molar refractivity (Wildman–Crippen MR) is 138 cm³/mol. The average molecular weight is 516 g/mol. The molecule has 198 valence electrons. The molecule has 0 saturated heterocycles. The van der Waals surface area contributed by atoms with E-state index in [-0.39, 0.29) is 23.7 Å². The monoisotopic (exact) mass is 515 g/mol. The third-order valence-corrected chi connectivity index (χ3v) is 5.75. The van der Waals surface area contributed by atoms with Gasteiger partial charge in [-0.1, -0.05) is 39.0 Å². The lowest BCUT2D eigenvalue weighted by Crippen LogP contribution is -2.44. The fourth-order valence-corrected chi connectivity index (χ4v) is 3.59. The number of amides is 3. The molecule has 10 heteroatoms. The Morgan fingerprint density at radius 2 is 1.62 bits per heavy atom. The van der Waals surface area contributed by atoms with Gasteiger partial charge in [-0.05, 0) is 56.7 Å². The molecule has 1 aromatic heterocycles. The SMILES string of the molecule is Cc1ccccc1-n1nc(C(C)(C)C)cc1NC(=O)CN(C(=O)Nc1ccc(C(F)(F)F)cc1)C(C)C. The van der Waals surface area contributed by atoms with Crippen LogP contribution in [0.15, 0.2) is 54.6 Å². The molecular formula is C27H32F3N5O2. The highest BCUT2D eigenvalue weighted by Gasteiger charge is 2.30. The van der Waals surface area contributed by atoms with Gasteiger partial charge in [-0.3, -0.25) is 4.79 Å². The number of halogens is 3. The van der Waals surface area contributed by atoms with Crippen LogP contribution in [0.5, 0.6) is 0 Å². The van der Waals surface area contributed by atoms with Crippen molar-refractivity contribution in [2.45, 2.75) is 59.2 Å². The van der Waals surface area contributed by atoms with Gasteiger partial charge in [0.25, 0.3) is 0 Å². The molecule has 0 aliphatic rings. The summed E-state index contributed by atoms with van der Waals surface area (Å²) in [6.07, 6.45) is -4.47. The Labute approximate surface area is 214 Å². The molecule has 37 heavy (non-hydrogen) atoms. The van der Waals surface area contributed by atoms with E-state index in [0.29, 0.717) is 5.82 Å². The lowest BCUT2D eigenvalue weighted by Gasteiger charge is -2.26. The molecule has 0 aliphatic heterocycles. The van der Waals surface area contributed by atoms with Crippen molar-refractivity contribution in [3.8, 4) is 5.69 Å². The molecular weight excluding hydrogens is 483 g/mol. The van der Waals surface area contributed by atoms with Crippen LogP contribution in [-0.2, 0) is 16.4 Å². The lowest BCUT2D eigenvalue weighted by atomic mass is 9.92. The number of carbonyl (C=O) groups excluding carboxylic acids is 2. The third kappa shape index (κ3) is 6.90. The molecule has 0 aliphatic carbocycles. The number of rotatable bonds is 6. The molecule has 7 nitrogen and oxygen atoms in total. The number of aryl methyl sites for hydroxylation is 1. The summed E-state index contributed by atoms with van der Waals surface area (Å²) in [5.41, 5.74) is 1.68. The molecule has 2 aromatic carbocycles. The first-order chi connectivity index (χ1) is 17.2. The van der Waals surface area contributed by atoms with Gasteiger partial charge in [0.2, 0.25) is 5.91 Å². The summed E-state index contributed by atoms with van der Waals surface area (Å²) in [5.74, 6) is 0.0301. The average Bonchev–Trinajstić information content (AvgIpc) is 3.21. The van der Waals surface area contributed by atoms with Gasteiger partial charge < -0.3 is 15.5 Å². The highest BCUT2D eigenvalue weighted by atomic mass is 19.4. The molecule has 0 fully saturated rings. The van der Waals surface area contributed by atoms with Crippen molar-refractivity contribution < 1.29 is 22.8 Å². The van der Waals surface area contributed by atoms with Gasteiger partial charge in [-0.2, -0.15) is 18.3 Å². The van der Waals surface area contributed by atoms with E-state index in [0.717, 1.165) is 29.1 Å². The Morgan fingerprint density at radius 3 is 2.16 bits per heavy atom. The van der Waals surface area contributed by atoms with E-state index in [4.69, 9.17) is 5.10 Å². The molecule has 3 aromatic rings. The molecule has 1 heterocycles. The van der Waals surface area contributed by atoms with Crippen LogP contribution in [0.1, 0.15) is 51.4 Å². The maximum Gasteiger partial charge on any atom is 0.416 e. The molecule has 0 atom stereocenters. The van der Waals surface area contributed by atoms with Crippen LogP contribution in [0.25, 0.3) is 5.69 Å². The van der Waals surface area contributed by atoms with E-state index in [2.05, 4.69) is 10.6 Å². The fourth-order valence-electron chi connectivity index (χ4n) is 3.59. The molecule has 3 amide bonds.